The van der Waals surface area contributed by atoms with Gasteiger partial charge < -0.3 is 4.98 Å². The summed E-state index contributed by atoms with van der Waals surface area (Å²) in [6.07, 6.45) is 6.82. The van der Waals surface area contributed by atoms with Crippen molar-refractivity contribution in [2.24, 2.45) is 0 Å². The zero-order valence-electron chi connectivity index (χ0n) is 13.4. The van der Waals surface area contributed by atoms with Gasteiger partial charge in [0.05, 0.1) is 0 Å². The number of aromatic amines is 1. The van der Waals surface area contributed by atoms with Crippen LogP contribution in [0.5, 0.6) is 0 Å². The molecule has 0 saturated heterocycles. The molecule has 0 aliphatic carbocycles. The van der Waals surface area contributed by atoms with E-state index in [-0.39, 0.29) is 0 Å². The average molecular weight is 289 g/mol. The molecule has 110 valence electrons. The van der Waals surface area contributed by atoms with Crippen LogP contribution in [0.15, 0.2) is 42.7 Å². The van der Waals surface area contributed by atoms with E-state index in [0.717, 1.165) is 6.42 Å². The largest absolute Gasteiger partial charge is 0.349 e. The minimum Gasteiger partial charge on any atom is -0.349 e. The number of nitrogens with one attached hydrogen (secondary N) is 1. The van der Waals surface area contributed by atoms with Gasteiger partial charge in [-0.1, -0.05) is 31.5 Å². The van der Waals surface area contributed by atoms with Crippen LogP contribution < -0.4 is 4.40 Å². The van der Waals surface area contributed by atoms with E-state index in [1.54, 1.807) is 0 Å². The number of hydrogen-bond acceptors (Lipinski definition) is 0. The smallest absolute Gasteiger partial charge is 0.238 e. The maximum Gasteiger partial charge on any atom is 0.238 e. The fourth-order valence-electron chi connectivity index (χ4n) is 3.58. The van der Waals surface area contributed by atoms with Gasteiger partial charge in [-0.25, -0.2) is 0 Å². The molecule has 0 atom stereocenters. The summed E-state index contributed by atoms with van der Waals surface area (Å²) in [4.78, 5) is 3.62. The Kier molecular flexibility index (Phi) is 2.93. The molecule has 22 heavy (non-hydrogen) atoms. The highest BCUT2D eigenvalue weighted by atomic mass is 14.9. The Morgan fingerprint density at radius 3 is 2.64 bits per heavy atom. The van der Waals surface area contributed by atoms with Gasteiger partial charge >= 0.3 is 0 Å². The minimum atomic E-state index is 1.14. The molecule has 1 N–H and O–H groups in total. The highest BCUT2D eigenvalue weighted by molar-refractivity contribution is 6.11. The SMILES string of the molecule is CCCc1c[n+]2ccc3c4ccccc4[nH]c3c2c(C)c1C. The molecule has 4 aromatic rings. The van der Waals surface area contributed by atoms with Gasteiger partial charge in [-0.05, 0) is 31.9 Å². The molecule has 0 aliphatic rings. The summed E-state index contributed by atoms with van der Waals surface area (Å²) < 4.78 is 2.28. The Bertz CT molecular complexity index is 1010. The van der Waals surface area contributed by atoms with Gasteiger partial charge in [0.25, 0.3) is 0 Å². The van der Waals surface area contributed by atoms with E-state index in [9.17, 15) is 0 Å². The topological polar surface area (TPSA) is 19.9 Å². The molecule has 1 aromatic carbocycles. The van der Waals surface area contributed by atoms with E-state index in [1.807, 2.05) is 0 Å². The van der Waals surface area contributed by atoms with Crippen LogP contribution in [-0.4, -0.2) is 4.98 Å². The maximum absolute atomic E-state index is 3.62. The number of nitrogens with zero attached hydrogens (tertiary/aromatic N) is 1. The second kappa shape index (κ2) is 4.84. The number of benzene rings is 1. The number of para-hydroxylation sites is 1. The van der Waals surface area contributed by atoms with E-state index in [0.29, 0.717) is 0 Å². The van der Waals surface area contributed by atoms with Crippen LogP contribution in [0.25, 0.3) is 27.3 Å². The van der Waals surface area contributed by atoms with Crippen molar-refractivity contribution in [2.75, 3.05) is 0 Å². The molecule has 4 rings (SSSR count). The second-order valence-electron chi connectivity index (χ2n) is 6.19. The fourth-order valence-corrected chi connectivity index (χ4v) is 3.58. The lowest BCUT2D eigenvalue weighted by molar-refractivity contribution is -0.511. The number of H-pyrrole nitrogens is 1. The molecule has 0 spiro atoms. The van der Waals surface area contributed by atoms with Crippen LogP contribution >= 0.6 is 0 Å². The van der Waals surface area contributed by atoms with E-state index in [2.05, 4.69) is 72.9 Å². The fraction of sp³-hybridized carbons (Fsp3) is 0.250. The lowest BCUT2D eigenvalue weighted by Gasteiger charge is -2.07. The average Bonchev–Trinajstić information content (AvgIpc) is 2.90. The van der Waals surface area contributed by atoms with E-state index in [4.69, 9.17) is 0 Å². The zero-order valence-corrected chi connectivity index (χ0v) is 13.4. The van der Waals surface area contributed by atoms with Crippen LogP contribution in [0.1, 0.15) is 30.0 Å². The molecule has 0 fully saturated rings. The first-order valence-corrected chi connectivity index (χ1v) is 8.04. The minimum absolute atomic E-state index is 1.14. The molecule has 2 nitrogen and oxygen atoms in total. The molecule has 0 aliphatic heterocycles. The maximum atomic E-state index is 3.62. The van der Waals surface area contributed by atoms with Gasteiger partial charge in [0, 0.05) is 33.5 Å². The van der Waals surface area contributed by atoms with Crippen LogP contribution in [0.3, 0.4) is 0 Å². The molecule has 0 unspecified atom stereocenters. The van der Waals surface area contributed by atoms with Crippen molar-refractivity contribution in [3.63, 3.8) is 0 Å². The number of aryl methyl sites for hydroxylation is 2. The summed E-state index contributed by atoms with van der Waals surface area (Å²) in [7, 11) is 0. The van der Waals surface area contributed by atoms with Gasteiger partial charge in [-0.15, -0.1) is 0 Å². The third kappa shape index (κ3) is 1.77. The summed E-state index contributed by atoms with van der Waals surface area (Å²) in [5.74, 6) is 0. The van der Waals surface area contributed by atoms with Crippen molar-refractivity contribution in [3.05, 3.63) is 59.4 Å². The summed E-state index contributed by atoms with van der Waals surface area (Å²) in [6, 6.07) is 10.8. The Hall–Kier alpha value is -2.35. The Labute approximate surface area is 130 Å². The molecule has 3 aromatic heterocycles. The Morgan fingerprint density at radius 1 is 1.00 bits per heavy atom. The van der Waals surface area contributed by atoms with Gasteiger partial charge in [-0.3, -0.25) is 0 Å². The number of rotatable bonds is 2. The third-order valence-electron chi connectivity index (χ3n) is 4.86. The second-order valence-corrected chi connectivity index (χ2v) is 6.19. The van der Waals surface area contributed by atoms with Crippen molar-refractivity contribution < 1.29 is 4.40 Å². The summed E-state index contributed by atoms with van der Waals surface area (Å²) >= 11 is 0. The first kappa shape index (κ1) is 13.3. The van der Waals surface area contributed by atoms with Crippen LogP contribution in [0, 0.1) is 13.8 Å². The summed E-state index contributed by atoms with van der Waals surface area (Å²) in [5.41, 5.74) is 8.00. The number of hydrogen-bond donors (Lipinski definition) is 1. The van der Waals surface area contributed by atoms with Gasteiger partial charge in [0.15, 0.2) is 12.4 Å². The van der Waals surface area contributed by atoms with Crippen molar-refractivity contribution >= 4 is 27.3 Å². The molecule has 3 heterocycles. The molecule has 2 heteroatoms. The zero-order chi connectivity index (χ0) is 15.3. The van der Waals surface area contributed by atoms with E-state index >= 15 is 0 Å². The van der Waals surface area contributed by atoms with Crippen molar-refractivity contribution in [1.29, 1.82) is 0 Å². The van der Waals surface area contributed by atoms with E-state index < -0.39 is 0 Å². The van der Waals surface area contributed by atoms with E-state index in [1.165, 1.54) is 50.4 Å². The first-order chi connectivity index (χ1) is 10.7. The number of pyridine rings is 2. The van der Waals surface area contributed by atoms with Crippen molar-refractivity contribution in [2.45, 2.75) is 33.6 Å². The summed E-state index contributed by atoms with van der Waals surface area (Å²) in [5, 5.41) is 2.61. The molecule has 0 bridgehead atoms. The van der Waals surface area contributed by atoms with Gasteiger partial charge in [0.2, 0.25) is 5.52 Å². The molecule has 0 saturated carbocycles. The highest BCUT2D eigenvalue weighted by Crippen LogP contribution is 2.29. The molecule has 0 radical (unpaired) electrons. The van der Waals surface area contributed by atoms with Crippen LogP contribution in [0.2, 0.25) is 0 Å². The number of aromatic nitrogens is 2. The van der Waals surface area contributed by atoms with Gasteiger partial charge in [0.1, 0.15) is 5.52 Å². The standard InChI is InChI=1S/C20H20N2/c1-4-7-15-12-22-11-10-17-16-8-5-6-9-18(16)21-19(17)20(22)14(3)13(15)2/h5-6,8-12H,4,7H2,1-3H3/p+1. The van der Waals surface area contributed by atoms with Crippen molar-refractivity contribution in [3.8, 4) is 0 Å². The quantitative estimate of drug-likeness (QED) is 0.519. The van der Waals surface area contributed by atoms with Crippen molar-refractivity contribution in [1.82, 2.24) is 4.98 Å². The van der Waals surface area contributed by atoms with Crippen LogP contribution in [-0.2, 0) is 6.42 Å². The summed E-state index contributed by atoms with van der Waals surface area (Å²) in [6.45, 7) is 6.74. The molecular weight excluding hydrogens is 268 g/mol. The van der Waals surface area contributed by atoms with Crippen LogP contribution in [0.4, 0.5) is 0 Å². The lowest BCUT2D eigenvalue weighted by Crippen LogP contribution is -2.24. The lowest BCUT2D eigenvalue weighted by atomic mass is 10.00. The molecular formula is C20H21N2+. The predicted molar refractivity (Wildman–Crippen MR) is 92.4 cm³/mol. The third-order valence-corrected chi connectivity index (χ3v) is 4.86. The Morgan fingerprint density at radius 2 is 1.82 bits per heavy atom. The normalized spacial score (nSPS) is 11.8. The molecule has 0 amide bonds. The van der Waals surface area contributed by atoms with Gasteiger partial charge in [-0.2, -0.15) is 4.40 Å². The Balaban J connectivity index is 2.17. The highest BCUT2D eigenvalue weighted by Gasteiger charge is 2.18. The monoisotopic (exact) mass is 289 g/mol. The predicted octanol–water partition coefficient (Wildman–Crippen LogP) is 4.63. The number of fused-ring (bicyclic) bond motifs is 5. The first-order valence-electron chi connectivity index (χ1n) is 8.04.